The lowest BCUT2D eigenvalue weighted by atomic mass is 10.3. The molecule has 0 aliphatic carbocycles. The van der Waals surface area contributed by atoms with E-state index >= 15 is 0 Å². The maximum Gasteiger partial charge on any atom is 0.191 e. The molecule has 6 nitrogen and oxygen atoms in total. The second-order valence-corrected chi connectivity index (χ2v) is 7.20. The molecule has 1 unspecified atom stereocenters. The first kappa shape index (κ1) is 15.6. The highest BCUT2D eigenvalue weighted by atomic mass is 32.2. The molecule has 21 heavy (non-hydrogen) atoms. The van der Waals surface area contributed by atoms with Crippen molar-refractivity contribution in [2.24, 2.45) is 4.99 Å². The Hall–Kier alpha value is -1.76. The fourth-order valence-electron chi connectivity index (χ4n) is 2.16. The van der Waals surface area contributed by atoms with E-state index in [9.17, 15) is 8.42 Å². The summed E-state index contributed by atoms with van der Waals surface area (Å²) in [5.41, 5.74) is 0. The van der Waals surface area contributed by atoms with Crippen molar-refractivity contribution < 1.29 is 12.8 Å². The van der Waals surface area contributed by atoms with Crippen LogP contribution in [-0.2, 0) is 16.3 Å². The van der Waals surface area contributed by atoms with E-state index in [-0.39, 0.29) is 17.5 Å². The number of hydrogen-bond acceptors (Lipinski definition) is 4. The molecule has 1 aliphatic rings. The topological polar surface area (TPSA) is 83.7 Å². The van der Waals surface area contributed by atoms with Crippen LogP contribution in [0, 0.1) is 0 Å². The van der Waals surface area contributed by atoms with Gasteiger partial charge in [0.25, 0.3) is 0 Å². The molecule has 1 aromatic heterocycles. The van der Waals surface area contributed by atoms with Crippen LogP contribution in [0.15, 0.2) is 40.5 Å². The van der Waals surface area contributed by atoms with E-state index in [1.165, 1.54) is 0 Å². The summed E-state index contributed by atoms with van der Waals surface area (Å²) >= 11 is 0. The molecule has 2 heterocycles. The Labute approximate surface area is 125 Å². The summed E-state index contributed by atoms with van der Waals surface area (Å²) in [7, 11) is -2.90. The van der Waals surface area contributed by atoms with Gasteiger partial charge < -0.3 is 15.1 Å². The second kappa shape index (κ2) is 7.31. The van der Waals surface area contributed by atoms with Gasteiger partial charge in [-0.05, 0) is 18.6 Å². The third-order valence-corrected chi connectivity index (χ3v) is 4.96. The van der Waals surface area contributed by atoms with Gasteiger partial charge in [0, 0.05) is 25.6 Å². The Morgan fingerprint density at radius 3 is 3.05 bits per heavy atom. The van der Waals surface area contributed by atoms with Crippen LogP contribution < -0.4 is 10.6 Å². The van der Waals surface area contributed by atoms with Gasteiger partial charge in [-0.3, -0.25) is 4.99 Å². The highest BCUT2D eigenvalue weighted by Crippen LogP contribution is 2.11. The van der Waals surface area contributed by atoms with Crippen LogP contribution in [0.1, 0.15) is 12.2 Å². The highest BCUT2D eigenvalue weighted by molar-refractivity contribution is 7.91. The zero-order valence-corrected chi connectivity index (χ0v) is 12.7. The number of nitrogens with zero attached hydrogens (tertiary/aromatic N) is 1. The van der Waals surface area contributed by atoms with E-state index in [2.05, 4.69) is 22.2 Å². The predicted molar refractivity (Wildman–Crippen MR) is 83.1 cm³/mol. The lowest BCUT2D eigenvalue weighted by Crippen LogP contribution is -2.44. The third kappa shape index (κ3) is 5.26. The average molecular weight is 311 g/mol. The van der Waals surface area contributed by atoms with Crippen LogP contribution in [-0.4, -0.2) is 45.0 Å². The van der Waals surface area contributed by atoms with Crippen LogP contribution in [0.25, 0.3) is 0 Å². The van der Waals surface area contributed by atoms with E-state index < -0.39 is 9.84 Å². The van der Waals surface area contributed by atoms with Crippen molar-refractivity contribution in [3.8, 4) is 0 Å². The summed E-state index contributed by atoms with van der Waals surface area (Å²) < 4.78 is 28.2. The Balaban J connectivity index is 1.88. The van der Waals surface area contributed by atoms with E-state index in [0.29, 0.717) is 31.9 Å². The quantitative estimate of drug-likeness (QED) is 0.460. The lowest BCUT2D eigenvalue weighted by Gasteiger charge is -2.15. The van der Waals surface area contributed by atoms with Gasteiger partial charge in [-0.1, -0.05) is 6.08 Å². The molecule has 0 bridgehead atoms. The summed E-state index contributed by atoms with van der Waals surface area (Å²) in [6, 6.07) is 3.68. The van der Waals surface area contributed by atoms with E-state index in [4.69, 9.17) is 4.42 Å². The van der Waals surface area contributed by atoms with Crippen molar-refractivity contribution in [3.05, 3.63) is 36.8 Å². The zero-order chi connectivity index (χ0) is 15.1. The molecular formula is C14H21N3O3S. The Morgan fingerprint density at radius 1 is 1.57 bits per heavy atom. The maximum absolute atomic E-state index is 11.5. The van der Waals surface area contributed by atoms with Gasteiger partial charge in [-0.2, -0.15) is 0 Å². The van der Waals surface area contributed by atoms with Gasteiger partial charge in [0.2, 0.25) is 0 Å². The number of nitrogens with one attached hydrogen (secondary N) is 2. The van der Waals surface area contributed by atoms with Crippen LogP contribution in [0.2, 0.25) is 0 Å². The van der Waals surface area contributed by atoms with E-state index in [1.54, 1.807) is 12.3 Å². The lowest BCUT2D eigenvalue weighted by molar-refractivity contribution is 0.510. The summed E-state index contributed by atoms with van der Waals surface area (Å²) in [5, 5.41) is 6.27. The monoisotopic (exact) mass is 311 g/mol. The van der Waals surface area contributed by atoms with Crippen LogP contribution in [0.5, 0.6) is 0 Å². The van der Waals surface area contributed by atoms with Crippen molar-refractivity contribution in [2.45, 2.75) is 18.9 Å². The minimum absolute atomic E-state index is 0.0744. The van der Waals surface area contributed by atoms with Crippen LogP contribution in [0.4, 0.5) is 0 Å². The van der Waals surface area contributed by atoms with Gasteiger partial charge in [-0.15, -0.1) is 6.58 Å². The minimum Gasteiger partial charge on any atom is -0.469 e. The molecule has 0 saturated carbocycles. The number of hydrogen-bond donors (Lipinski definition) is 2. The van der Waals surface area contributed by atoms with Crippen molar-refractivity contribution in [3.63, 3.8) is 0 Å². The summed E-state index contributed by atoms with van der Waals surface area (Å²) in [6.07, 6.45) is 4.69. The fraction of sp³-hybridized carbons (Fsp3) is 0.500. The normalized spacial score (nSPS) is 21.1. The van der Waals surface area contributed by atoms with Crippen molar-refractivity contribution in [1.29, 1.82) is 0 Å². The molecule has 1 fully saturated rings. The molecular weight excluding hydrogens is 290 g/mol. The molecule has 2 rings (SSSR count). The standard InChI is InChI=1S/C14H21N3O3S/c1-2-7-15-14(16-8-5-13-4-3-9-20-13)17-12-6-10-21(18,19)11-12/h2-4,9,12H,1,5-8,10-11H2,(H2,15,16,17). The molecule has 116 valence electrons. The average Bonchev–Trinajstić information content (AvgIpc) is 3.05. The minimum atomic E-state index is -2.90. The second-order valence-electron chi connectivity index (χ2n) is 4.97. The number of guanidine groups is 1. The smallest absolute Gasteiger partial charge is 0.191 e. The van der Waals surface area contributed by atoms with Gasteiger partial charge in [0.15, 0.2) is 15.8 Å². The molecule has 1 aliphatic heterocycles. The van der Waals surface area contributed by atoms with Crippen LogP contribution >= 0.6 is 0 Å². The van der Waals surface area contributed by atoms with Crippen molar-refractivity contribution in [1.82, 2.24) is 10.6 Å². The molecule has 0 aromatic carbocycles. The van der Waals surface area contributed by atoms with Gasteiger partial charge in [0.05, 0.1) is 17.8 Å². The van der Waals surface area contributed by atoms with Crippen molar-refractivity contribution >= 4 is 15.8 Å². The number of aliphatic imine (C=N–C) groups is 1. The molecule has 1 aromatic rings. The predicted octanol–water partition coefficient (Wildman–Crippen LogP) is 0.730. The molecule has 0 spiro atoms. The summed E-state index contributed by atoms with van der Waals surface area (Å²) in [6.45, 7) is 4.80. The highest BCUT2D eigenvalue weighted by Gasteiger charge is 2.28. The molecule has 0 radical (unpaired) electrons. The molecule has 7 heteroatoms. The van der Waals surface area contributed by atoms with Gasteiger partial charge in [-0.25, -0.2) is 8.42 Å². The number of sulfone groups is 1. The molecule has 2 N–H and O–H groups in total. The maximum atomic E-state index is 11.5. The SMILES string of the molecule is C=CCNC(=NCCc1ccco1)NC1CCS(=O)(=O)C1. The Kier molecular flexibility index (Phi) is 5.44. The molecule has 1 saturated heterocycles. The zero-order valence-electron chi connectivity index (χ0n) is 11.9. The van der Waals surface area contributed by atoms with E-state index in [1.807, 2.05) is 12.1 Å². The van der Waals surface area contributed by atoms with Gasteiger partial charge in [0.1, 0.15) is 5.76 Å². The first-order chi connectivity index (χ1) is 10.1. The first-order valence-electron chi connectivity index (χ1n) is 6.97. The molecule has 1 atom stereocenters. The first-order valence-corrected chi connectivity index (χ1v) is 8.80. The largest absolute Gasteiger partial charge is 0.469 e. The van der Waals surface area contributed by atoms with Crippen molar-refractivity contribution in [2.75, 3.05) is 24.6 Å². The van der Waals surface area contributed by atoms with Crippen LogP contribution in [0.3, 0.4) is 0 Å². The number of furan rings is 1. The summed E-state index contributed by atoms with van der Waals surface area (Å²) in [4.78, 5) is 4.44. The summed E-state index contributed by atoms with van der Waals surface area (Å²) in [5.74, 6) is 1.90. The fourth-order valence-corrected chi connectivity index (χ4v) is 3.83. The number of rotatable bonds is 6. The Morgan fingerprint density at radius 2 is 2.43 bits per heavy atom. The molecule has 0 amide bonds. The third-order valence-electron chi connectivity index (χ3n) is 3.20. The Bertz CT molecular complexity index is 579. The van der Waals surface area contributed by atoms with Gasteiger partial charge >= 0.3 is 0 Å². The van der Waals surface area contributed by atoms with E-state index in [0.717, 1.165) is 5.76 Å².